The van der Waals surface area contributed by atoms with Crippen molar-refractivity contribution in [3.05, 3.63) is 0 Å². The van der Waals surface area contributed by atoms with Crippen molar-refractivity contribution in [2.45, 2.75) is 66.8 Å². The van der Waals surface area contributed by atoms with E-state index >= 15 is 0 Å². The monoisotopic (exact) mass is 199 g/mol. The third-order valence-corrected chi connectivity index (χ3v) is 3.34. The summed E-state index contributed by atoms with van der Waals surface area (Å²) in [7, 11) is 0. The van der Waals surface area contributed by atoms with Crippen molar-refractivity contribution in [1.82, 2.24) is 5.32 Å². The third-order valence-electron chi connectivity index (χ3n) is 3.34. The first-order chi connectivity index (χ1) is 6.44. The molecular weight excluding hydrogens is 170 g/mol. The molecule has 1 nitrogen and oxygen atoms in total. The second kappa shape index (κ2) is 6.44. The summed E-state index contributed by atoms with van der Waals surface area (Å²) in [5.74, 6) is 0.823. The molecule has 0 radical (unpaired) electrons. The van der Waals surface area contributed by atoms with Crippen LogP contribution in [0.15, 0.2) is 0 Å². The molecule has 1 unspecified atom stereocenters. The lowest BCUT2D eigenvalue weighted by atomic mass is 9.79. The predicted octanol–water partition coefficient (Wildman–Crippen LogP) is 3.84. The second-order valence-corrected chi connectivity index (χ2v) is 5.42. The van der Waals surface area contributed by atoms with E-state index < -0.39 is 0 Å². The molecule has 0 rings (SSSR count). The second-order valence-electron chi connectivity index (χ2n) is 5.42. The van der Waals surface area contributed by atoms with Crippen LogP contribution < -0.4 is 5.32 Å². The van der Waals surface area contributed by atoms with E-state index in [1.165, 1.54) is 19.3 Å². The molecule has 1 heteroatoms. The Balaban J connectivity index is 4.13. The lowest BCUT2D eigenvalue weighted by molar-refractivity contribution is 0.214. The van der Waals surface area contributed by atoms with Gasteiger partial charge in [-0.1, -0.05) is 41.5 Å². The molecule has 86 valence electrons. The maximum absolute atomic E-state index is 3.63. The van der Waals surface area contributed by atoms with E-state index in [-0.39, 0.29) is 0 Å². The zero-order chi connectivity index (χ0) is 11.2. The van der Waals surface area contributed by atoms with Gasteiger partial charge >= 0.3 is 0 Å². The Bertz CT molecular complexity index is 138. The first-order valence-corrected chi connectivity index (χ1v) is 6.17. The van der Waals surface area contributed by atoms with Crippen molar-refractivity contribution in [1.29, 1.82) is 0 Å². The smallest absolute Gasteiger partial charge is 0.0118 e. The third kappa shape index (κ3) is 4.99. The maximum Gasteiger partial charge on any atom is 0.0118 e. The standard InChI is InChI=1S/C13H29N/c1-7-13(5,6)12(14-8-2)10-9-11(3)4/h11-12,14H,7-10H2,1-6H3. The van der Waals surface area contributed by atoms with Gasteiger partial charge in [-0.25, -0.2) is 0 Å². The highest BCUT2D eigenvalue weighted by atomic mass is 14.9. The van der Waals surface area contributed by atoms with E-state index in [2.05, 4.69) is 46.9 Å². The largest absolute Gasteiger partial charge is 0.314 e. The summed E-state index contributed by atoms with van der Waals surface area (Å²) in [6, 6.07) is 0.680. The summed E-state index contributed by atoms with van der Waals surface area (Å²) in [6.45, 7) is 14.9. The summed E-state index contributed by atoms with van der Waals surface area (Å²) in [6.07, 6.45) is 3.90. The number of hydrogen-bond acceptors (Lipinski definition) is 1. The van der Waals surface area contributed by atoms with Crippen LogP contribution in [0.5, 0.6) is 0 Å². The molecule has 0 aromatic carbocycles. The minimum Gasteiger partial charge on any atom is -0.314 e. The Morgan fingerprint density at radius 3 is 2.00 bits per heavy atom. The molecule has 0 fully saturated rings. The van der Waals surface area contributed by atoms with Crippen LogP contribution in [0.1, 0.15) is 60.8 Å². The number of rotatable bonds is 7. The lowest BCUT2D eigenvalue weighted by Gasteiger charge is -2.34. The minimum absolute atomic E-state index is 0.435. The molecule has 0 amide bonds. The maximum atomic E-state index is 3.63. The molecule has 0 heterocycles. The summed E-state index contributed by atoms with van der Waals surface area (Å²) in [5.41, 5.74) is 0.435. The molecular formula is C13H29N. The van der Waals surface area contributed by atoms with Crippen LogP contribution in [0.4, 0.5) is 0 Å². The number of nitrogens with one attached hydrogen (secondary N) is 1. The Labute approximate surface area is 90.7 Å². The SMILES string of the molecule is CCNC(CCC(C)C)C(C)(C)CC. The van der Waals surface area contributed by atoms with E-state index in [0.717, 1.165) is 12.5 Å². The normalized spacial score (nSPS) is 14.8. The van der Waals surface area contributed by atoms with Crippen LogP contribution in [0.3, 0.4) is 0 Å². The lowest BCUT2D eigenvalue weighted by Crippen LogP contribution is -2.41. The average molecular weight is 199 g/mol. The quantitative estimate of drug-likeness (QED) is 0.657. The fourth-order valence-electron chi connectivity index (χ4n) is 1.76. The van der Waals surface area contributed by atoms with E-state index in [9.17, 15) is 0 Å². The molecule has 0 aliphatic heterocycles. The van der Waals surface area contributed by atoms with Gasteiger partial charge in [0.1, 0.15) is 0 Å². The van der Waals surface area contributed by atoms with Crippen LogP contribution in [-0.2, 0) is 0 Å². The van der Waals surface area contributed by atoms with Crippen LogP contribution in [0, 0.1) is 11.3 Å². The highest BCUT2D eigenvalue weighted by Gasteiger charge is 2.26. The van der Waals surface area contributed by atoms with E-state index in [1.807, 2.05) is 0 Å². The molecule has 1 atom stereocenters. The first kappa shape index (κ1) is 14.0. The van der Waals surface area contributed by atoms with Crippen molar-refractivity contribution in [2.75, 3.05) is 6.54 Å². The molecule has 0 aromatic heterocycles. The summed E-state index contributed by atoms with van der Waals surface area (Å²) in [4.78, 5) is 0. The van der Waals surface area contributed by atoms with Gasteiger partial charge in [0, 0.05) is 6.04 Å². The zero-order valence-corrected chi connectivity index (χ0v) is 11.0. The minimum atomic E-state index is 0.435. The molecule has 0 bridgehead atoms. The van der Waals surface area contributed by atoms with Crippen molar-refractivity contribution < 1.29 is 0 Å². The van der Waals surface area contributed by atoms with Gasteiger partial charge in [-0.15, -0.1) is 0 Å². The van der Waals surface area contributed by atoms with Gasteiger partial charge in [0.2, 0.25) is 0 Å². The Kier molecular flexibility index (Phi) is 6.43. The van der Waals surface area contributed by atoms with Gasteiger partial charge in [-0.05, 0) is 37.1 Å². The highest BCUT2D eigenvalue weighted by molar-refractivity contribution is 4.82. The molecule has 0 aromatic rings. The fraction of sp³-hybridized carbons (Fsp3) is 1.00. The van der Waals surface area contributed by atoms with Gasteiger partial charge in [0.05, 0.1) is 0 Å². The number of hydrogen-bond donors (Lipinski definition) is 1. The van der Waals surface area contributed by atoms with E-state index in [1.54, 1.807) is 0 Å². The van der Waals surface area contributed by atoms with Gasteiger partial charge in [0.25, 0.3) is 0 Å². The fourth-order valence-corrected chi connectivity index (χ4v) is 1.76. The molecule has 0 saturated heterocycles. The molecule has 1 N–H and O–H groups in total. The van der Waals surface area contributed by atoms with Crippen LogP contribution >= 0.6 is 0 Å². The summed E-state index contributed by atoms with van der Waals surface area (Å²) >= 11 is 0. The Morgan fingerprint density at radius 1 is 1.07 bits per heavy atom. The van der Waals surface area contributed by atoms with Gasteiger partial charge in [0.15, 0.2) is 0 Å². The van der Waals surface area contributed by atoms with Crippen LogP contribution in [0.2, 0.25) is 0 Å². The molecule has 0 aliphatic rings. The molecule has 0 aliphatic carbocycles. The van der Waals surface area contributed by atoms with Gasteiger partial charge < -0.3 is 5.32 Å². The van der Waals surface area contributed by atoms with Crippen molar-refractivity contribution in [2.24, 2.45) is 11.3 Å². The van der Waals surface area contributed by atoms with E-state index in [0.29, 0.717) is 11.5 Å². The topological polar surface area (TPSA) is 12.0 Å². The summed E-state index contributed by atoms with van der Waals surface area (Å²) < 4.78 is 0. The Morgan fingerprint density at radius 2 is 1.64 bits per heavy atom. The molecule has 14 heavy (non-hydrogen) atoms. The van der Waals surface area contributed by atoms with Gasteiger partial charge in [-0.3, -0.25) is 0 Å². The van der Waals surface area contributed by atoms with Crippen molar-refractivity contribution >= 4 is 0 Å². The predicted molar refractivity (Wildman–Crippen MR) is 65.6 cm³/mol. The first-order valence-electron chi connectivity index (χ1n) is 6.17. The van der Waals surface area contributed by atoms with Gasteiger partial charge in [-0.2, -0.15) is 0 Å². The van der Waals surface area contributed by atoms with Crippen LogP contribution in [0.25, 0.3) is 0 Å². The summed E-state index contributed by atoms with van der Waals surface area (Å²) in [5, 5.41) is 3.63. The van der Waals surface area contributed by atoms with E-state index in [4.69, 9.17) is 0 Å². The average Bonchev–Trinajstić information content (AvgIpc) is 2.11. The van der Waals surface area contributed by atoms with Crippen molar-refractivity contribution in [3.8, 4) is 0 Å². The molecule has 0 saturated carbocycles. The van der Waals surface area contributed by atoms with Crippen LogP contribution in [-0.4, -0.2) is 12.6 Å². The van der Waals surface area contributed by atoms with Crippen molar-refractivity contribution in [3.63, 3.8) is 0 Å². The highest BCUT2D eigenvalue weighted by Crippen LogP contribution is 2.28. The molecule has 0 spiro atoms. The Hall–Kier alpha value is -0.0400. The zero-order valence-electron chi connectivity index (χ0n) is 11.0.